The molecule has 140 valence electrons. The van der Waals surface area contributed by atoms with E-state index < -0.39 is 5.63 Å². The van der Waals surface area contributed by atoms with Gasteiger partial charge in [-0.1, -0.05) is 19.1 Å². The third-order valence-electron chi connectivity index (χ3n) is 4.20. The van der Waals surface area contributed by atoms with Crippen LogP contribution >= 0.6 is 0 Å². The quantitative estimate of drug-likeness (QED) is 0.268. The van der Waals surface area contributed by atoms with E-state index in [9.17, 15) is 9.59 Å². The van der Waals surface area contributed by atoms with Gasteiger partial charge in [0.05, 0.1) is 6.61 Å². The Labute approximate surface area is 157 Å². The van der Waals surface area contributed by atoms with Gasteiger partial charge in [-0.3, -0.25) is 4.79 Å². The molecule has 27 heavy (non-hydrogen) atoms. The summed E-state index contributed by atoms with van der Waals surface area (Å²) < 4.78 is 16.2. The summed E-state index contributed by atoms with van der Waals surface area (Å²) >= 11 is 0. The highest BCUT2D eigenvalue weighted by molar-refractivity contribution is 5.82. The Bertz CT molecular complexity index is 1000. The van der Waals surface area contributed by atoms with Crippen LogP contribution in [0.3, 0.4) is 0 Å². The Kier molecular flexibility index (Phi) is 5.91. The summed E-state index contributed by atoms with van der Waals surface area (Å²) in [6.45, 7) is 4.41. The van der Waals surface area contributed by atoms with Gasteiger partial charge in [0.15, 0.2) is 0 Å². The minimum absolute atomic E-state index is 0.239. The number of esters is 1. The molecule has 0 amide bonds. The molecule has 0 atom stereocenters. The van der Waals surface area contributed by atoms with Crippen molar-refractivity contribution >= 4 is 16.9 Å². The van der Waals surface area contributed by atoms with Gasteiger partial charge in [-0.15, -0.1) is 0 Å². The van der Waals surface area contributed by atoms with Gasteiger partial charge in [-0.25, -0.2) is 4.79 Å². The normalized spacial score (nSPS) is 10.7. The van der Waals surface area contributed by atoms with E-state index in [4.69, 9.17) is 13.9 Å². The fraction of sp³-hybridized carbons (Fsp3) is 0.273. The lowest BCUT2D eigenvalue weighted by Gasteiger charge is -2.08. The molecule has 1 aromatic heterocycles. The highest BCUT2D eigenvalue weighted by atomic mass is 16.5. The Balaban J connectivity index is 1.55. The third-order valence-corrected chi connectivity index (χ3v) is 4.20. The van der Waals surface area contributed by atoms with Crippen molar-refractivity contribution < 1.29 is 18.7 Å². The van der Waals surface area contributed by atoms with Gasteiger partial charge in [-0.05, 0) is 55.2 Å². The molecular weight excluding hydrogens is 344 g/mol. The molecule has 0 unspecified atom stereocenters. The highest BCUT2D eigenvalue weighted by Gasteiger charge is 2.09. The van der Waals surface area contributed by atoms with Crippen molar-refractivity contribution in [3.63, 3.8) is 0 Å². The number of benzene rings is 2. The molecule has 0 aliphatic heterocycles. The lowest BCUT2D eigenvalue weighted by atomic mass is 10.1. The second kappa shape index (κ2) is 8.54. The fourth-order valence-corrected chi connectivity index (χ4v) is 2.86. The van der Waals surface area contributed by atoms with Crippen LogP contribution in [0.5, 0.6) is 11.5 Å². The molecule has 5 nitrogen and oxygen atoms in total. The number of carbonyl (C=O) groups excluding carboxylic acids is 1. The van der Waals surface area contributed by atoms with Gasteiger partial charge in [0.25, 0.3) is 0 Å². The van der Waals surface area contributed by atoms with E-state index >= 15 is 0 Å². The molecule has 0 bridgehead atoms. The molecule has 5 heteroatoms. The first-order valence-electron chi connectivity index (χ1n) is 9.02. The van der Waals surface area contributed by atoms with Crippen LogP contribution in [0.25, 0.3) is 11.0 Å². The summed E-state index contributed by atoms with van der Waals surface area (Å²) in [7, 11) is 0. The molecule has 0 aliphatic carbocycles. The number of ether oxygens (including phenoxy) is 2. The van der Waals surface area contributed by atoms with Crippen LogP contribution in [0, 0.1) is 6.92 Å². The predicted molar refractivity (Wildman–Crippen MR) is 103 cm³/mol. The molecule has 0 saturated carbocycles. The first-order chi connectivity index (χ1) is 13.0. The maximum Gasteiger partial charge on any atom is 0.336 e. The second-order valence-electron chi connectivity index (χ2n) is 6.34. The minimum atomic E-state index is -0.406. The maximum atomic E-state index is 12.0. The lowest BCUT2D eigenvalue weighted by Crippen LogP contribution is -2.10. The zero-order valence-corrected chi connectivity index (χ0v) is 15.5. The molecule has 0 fully saturated rings. The number of hydrogen-bond acceptors (Lipinski definition) is 5. The predicted octanol–water partition coefficient (Wildman–Crippen LogP) is 4.43. The smallest absolute Gasteiger partial charge is 0.336 e. The zero-order valence-electron chi connectivity index (χ0n) is 15.5. The van der Waals surface area contributed by atoms with Crippen molar-refractivity contribution in [1.29, 1.82) is 0 Å². The minimum Gasteiger partial charge on any atom is -0.494 e. The Morgan fingerprint density at radius 2 is 1.93 bits per heavy atom. The van der Waals surface area contributed by atoms with E-state index in [-0.39, 0.29) is 12.4 Å². The largest absolute Gasteiger partial charge is 0.494 e. The maximum absolute atomic E-state index is 12.0. The van der Waals surface area contributed by atoms with Crippen molar-refractivity contribution in [1.82, 2.24) is 0 Å². The monoisotopic (exact) mass is 366 g/mol. The van der Waals surface area contributed by atoms with Crippen molar-refractivity contribution in [2.45, 2.75) is 33.1 Å². The molecule has 3 rings (SSSR count). The Hall–Kier alpha value is -3.08. The summed E-state index contributed by atoms with van der Waals surface area (Å²) in [6, 6.07) is 14.4. The van der Waals surface area contributed by atoms with Gasteiger partial charge >= 0.3 is 11.6 Å². The van der Waals surface area contributed by atoms with E-state index in [0.29, 0.717) is 24.4 Å². The standard InChI is InChI=1S/C22H22O5/c1-3-16-13-22(24)27-20-14-18(9-10-19(16)20)26-21(23)8-5-11-25-17-7-4-6-15(2)12-17/h4,6-7,9-10,12-14H,3,5,8,11H2,1-2H3. The van der Waals surface area contributed by atoms with Crippen molar-refractivity contribution in [2.24, 2.45) is 0 Å². The van der Waals surface area contributed by atoms with Crippen LogP contribution in [0.1, 0.15) is 30.9 Å². The van der Waals surface area contributed by atoms with Crippen molar-refractivity contribution in [2.75, 3.05) is 6.61 Å². The van der Waals surface area contributed by atoms with Crippen LogP contribution in [-0.2, 0) is 11.2 Å². The number of carbonyl (C=O) groups is 1. The van der Waals surface area contributed by atoms with Crippen molar-refractivity contribution in [3.05, 3.63) is 70.1 Å². The van der Waals surface area contributed by atoms with Crippen LogP contribution < -0.4 is 15.1 Å². The third kappa shape index (κ3) is 4.97. The van der Waals surface area contributed by atoms with Crippen LogP contribution in [0.2, 0.25) is 0 Å². The van der Waals surface area contributed by atoms with E-state index in [1.807, 2.05) is 38.1 Å². The number of rotatable bonds is 7. The molecule has 0 saturated heterocycles. The van der Waals surface area contributed by atoms with Crippen LogP contribution in [0.15, 0.2) is 57.7 Å². The molecule has 0 radical (unpaired) electrons. The first kappa shape index (κ1) is 18.7. The molecule has 3 aromatic rings. The average molecular weight is 366 g/mol. The van der Waals surface area contributed by atoms with Gasteiger partial charge in [0.2, 0.25) is 0 Å². The second-order valence-corrected chi connectivity index (χ2v) is 6.34. The van der Waals surface area contributed by atoms with E-state index in [1.165, 1.54) is 6.07 Å². The summed E-state index contributed by atoms with van der Waals surface area (Å²) in [5.41, 5.74) is 2.05. The van der Waals surface area contributed by atoms with Gasteiger partial charge in [0, 0.05) is 23.9 Å². The Morgan fingerprint density at radius 1 is 1.07 bits per heavy atom. The molecular formula is C22H22O5. The summed E-state index contributed by atoms with van der Waals surface area (Å²) in [4.78, 5) is 23.7. The van der Waals surface area contributed by atoms with E-state index in [0.717, 1.165) is 28.7 Å². The molecule has 0 spiro atoms. The first-order valence-corrected chi connectivity index (χ1v) is 9.02. The molecule has 1 heterocycles. The van der Waals surface area contributed by atoms with Gasteiger partial charge in [0.1, 0.15) is 17.1 Å². The molecule has 0 aliphatic rings. The van der Waals surface area contributed by atoms with Crippen LogP contribution in [-0.4, -0.2) is 12.6 Å². The van der Waals surface area contributed by atoms with E-state index in [2.05, 4.69) is 0 Å². The Morgan fingerprint density at radius 3 is 2.70 bits per heavy atom. The topological polar surface area (TPSA) is 65.7 Å². The number of aryl methyl sites for hydroxylation is 2. The van der Waals surface area contributed by atoms with Gasteiger partial charge < -0.3 is 13.9 Å². The number of hydrogen-bond donors (Lipinski definition) is 0. The number of fused-ring (bicyclic) bond motifs is 1. The fourth-order valence-electron chi connectivity index (χ4n) is 2.86. The SMILES string of the molecule is CCc1cc(=O)oc2cc(OC(=O)CCCOc3cccc(C)c3)ccc12. The van der Waals surface area contributed by atoms with Crippen molar-refractivity contribution in [3.8, 4) is 11.5 Å². The molecule has 2 aromatic carbocycles. The summed E-state index contributed by atoms with van der Waals surface area (Å²) in [5.74, 6) is 0.805. The zero-order chi connectivity index (χ0) is 19.2. The summed E-state index contributed by atoms with van der Waals surface area (Å²) in [5, 5.41) is 0.850. The average Bonchev–Trinajstić information content (AvgIpc) is 2.64. The van der Waals surface area contributed by atoms with Gasteiger partial charge in [-0.2, -0.15) is 0 Å². The van der Waals surface area contributed by atoms with Crippen LogP contribution in [0.4, 0.5) is 0 Å². The highest BCUT2D eigenvalue weighted by Crippen LogP contribution is 2.23. The van der Waals surface area contributed by atoms with E-state index in [1.54, 1.807) is 18.2 Å². The summed E-state index contributed by atoms with van der Waals surface area (Å²) in [6.07, 6.45) is 1.51. The lowest BCUT2D eigenvalue weighted by molar-refractivity contribution is -0.134. The molecule has 0 N–H and O–H groups in total.